The molecule has 78 valence electrons. The van der Waals surface area contributed by atoms with Crippen molar-refractivity contribution in [1.82, 2.24) is 4.57 Å². The average molecular weight is 197 g/mol. The summed E-state index contributed by atoms with van der Waals surface area (Å²) < 4.78 is 14.2. The van der Waals surface area contributed by atoms with Crippen molar-refractivity contribution in [3.05, 3.63) is 34.5 Å². The van der Waals surface area contributed by atoms with Crippen LogP contribution >= 0.6 is 0 Å². The summed E-state index contributed by atoms with van der Waals surface area (Å²) in [4.78, 5) is 11.3. The number of rotatable bonds is 2. The van der Waals surface area contributed by atoms with Crippen molar-refractivity contribution in [2.24, 2.45) is 5.41 Å². The molecule has 0 radical (unpaired) electrons. The molecule has 0 aliphatic rings. The largest absolute Gasteiger partial charge is 0.313 e. The van der Waals surface area contributed by atoms with Crippen LogP contribution in [-0.2, 0) is 6.54 Å². The summed E-state index contributed by atoms with van der Waals surface area (Å²) in [6, 6.07) is 2.45. The number of aryl methyl sites for hydroxylation is 1. The molecule has 0 aliphatic carbocycles. The van der Waals surface area contributed by atoms with Gasteiger partial charge >= 0.3 is 0 Å². The van der Waals surface area contributed by atoms with E-state index in [-0.39, 0.29) is 16.8 Å². The van der Waals surface area contributed by atoms with Crippen molar-refractivity contribution in [3.63, 3.8) is 0 Å². The zero-order chi connectivity index (χ0) is 10.8. The number of nitrogens with zero attached hydrogens (tertiary/aromatic N) is 1. The fourth-order valence-electron chi connectivity index (χ4n) is 1.13. The standard InChI is InChI=1S/C11H16FNO/c1-11(2,3)6-7-13-8-9(12)4-5-10(13)14/h4-5,8H,6-7H2,1-3H3. The Labute approximate surface area is 83.4 Å². The minimum atomic E-state index is -0.362. The first kappa shape index (κ1) is 11.0. The Morgan fingerprint density at radius 2 is 2.00 bits per heavy atom. The van der Waals surface area contributed by atoms with Gasteiger partial charge in [-0.3, -0.25) is 4.79 Å². The van der Waals surface area contributed by atoms with Gasteiger partial charge in [-0.1, -0.05) is 20.8 Å². The van der Waals surface area contributed by atoms with Crippen LogP contribution in [0, 0.1) is 11.2 Å². The van der Waals surface area contributed by atoms with Gasteiger partial charge in [-0.05, 0) is 17.9 Å². The number of hydrogen-bond acceptors (Lipinski definition) is 1. The van der Waals surface area contributed by atoms with E-state index < -0.39 is 0 Å². The maximum absolute atomic E-state index is 12.8. The van der Waals surface area contributed by atoms with Gasteiger partial charge in [-0.15, -0.1) is 0 Å². The molecule has 1 heterocycles. The van der Waals surface area contributed by atoms with E-state index in [1.54, 1.807) is 0 Å². The van der Waals surface area contributed by atoms with Gasteiger partial charge in [0.15, 0.2) is 0 Å². The summed E-state index contributed by atoms with van der Waals surface area (Å²) in [5.74, 6) is -0.362. The van der Waals surface area contributed by atoms with Crippen LogP contribution < -0.4 is 5.56 Å². The number of hydrogen-bond donors (Lipinski definition) is 0. The number of pyridine rings is 1. The first-order valence-electron chi connectivity index (χ1n) is 4.74. The molecule has 0 bridgehead atoms. The molecule has 1 aromatic rings. The highest BCUT2D eigenvalue weighted by atomic mass is 19.1. The minimum Gasteiger partial charge on any atom is -0.313 e. The molecule has 0 fully saturated rings. The molecule has 1 rings (SSSR count). The third-order valence-corrected chi connectivity index (χ3v) is 2.05. The minimum absolute atomic E-state index is 0.143. The van der Waals surface area contributed by atoms with Crippen LogP contribution in [0.3, 0.4) is 0 Å². The lowest BCUT2D eigenvalue weighted by molar-refractivity contribution is 0.346. The van der Waals surface area contributed by atoms with E-state index in [1.165, 1.54) is 22.9 Å². The van der Waals surface area contributed by atoms with Crippen LogP contribution in [0.4, 0.5) is 4.39 Å². The van der Waals surface area contributed by atoms with Gasteiger partial charge < -0.3 is 4.57 Å². The molecule has 14 heavy (non-hydrogen) atoms. The van der Waals surface area contributed by atoms with Gasteiger partial charge in [-0.2, -0.15) is 0 Å². The smallest absolute Gasteiger partial charge is 0.250 e. The first-order chi connectivity index (χ1) is 6.38. The van der Waals surface area contributed by atoms with E-state index >= 15 is 0 Å². The molecule has 0 aliphatic heterocycles. The van der Waals surface area contributed by atoms with E-state index in [0.717, 1.165) is 6.42 Å². The van der Waals surface area contributed by atoms with Crippen molar-refractivity contribution in [2.45, 2.75) is 33.7 Å². The van der Waals surface area contributed by atoms with Crippen molar-refractivity contribution < 1.29 is 4.39 Å². The highest BCUT2D eigenvalue weighted by Crippen LogP contribution is 2.18. The lowest BCUT2D eigenvalue weighted by atomic mass is 9.92. The number of halogens is 1. The average Bonchev–Trinajstić information content (AvgIpc) is 2.05. The highest BCUT2D eigenvalue weighted by Gasteiger charge is 2.10. The Morgan fingerprint density at radius 1 is 1.36 bits per heavy atom. The lowest BCUT2D eigenvalue weighted by Gasteiger charge is -2.18. The van der Waals surface area contributed by atoms with Crippen LogP contribution in [0.15, 0.2) is 23.1 Å². The molecule has 3 heteroatoms. The van der Waals surface area contributed by atoms with Crippen molar-refractivity contribution >= 4 is 0 Å². The second-order valence-electron chi connectivity index (χ2n) is 4.69. The van der Waals surface area contributed by atoms with Crippen molar-refractivity contribution in [1.29, 1.82) is 0 Å². The predicted molar refractivity (Wildman–Crippen MR) is 54.7 cm³/mol. The zero-order valence-electron chi connectivity index (χ0n) is 8.88. The zero-order valence-corrected chi connectivity index (χ0v) is 8.88. The van der Waals surface area contributed by atoms with Crippen LogP contribution in [0.5, 0.6) is 0 Å². The van der Waals surface area contributed by atoms with Crippen LogP contribution in [-0.4, -0.2) is 4.57 Å². The quantitative estimate of drug-likeness (QED) is 0.713. The van der Waals surface area contributed by atoms with Crippen LogP contribution in [0.25, 0.3) is 0 Å². The van der Waals surface area contributed by atoms with E-state index in [9.17, 15) is 9.18 Å². The monoisotopic (exact) mass is 197 g/mol. The normalized spacial score (nSPS) is 11.7. The molecule has 0 amide bonds. The molecule has 0 N–H and O–H groups in total. The Kier molecular flexibility index (Phi) is 3.09. The van der Waals surface area contributed by atoms with Gasteiger partial charge in [0, 0.05) is 18.8 Å². The SMILES string of the molecule is CC(C)(C)CCn1cc(F)ccc1=O. The van der Waals surface area contributed by atoms with E-state index in [4.69, 9.17) is 0 Å². The third-order valence-electron chi connectivity index (χ3n) is 2.05. The Bertz CT molecular complexity index is 362. The predicted octanol–water partition coefficient (Wildman–Crippen LogP) is 2.42. The first-order valence-corrected chi connectivity index (χ1v) is 4.74. The van der Waals surface area contributed by atoms with Gasteiger partial charge in [0.25, 0.3) is 5.56 Å². The summed E-state index contributed by atoms with van der Waals surface area (Å²) in [5.41, 5.74) is 0.0156. The summed E-state index contributed by atoms with van der Waals surface area (Å²) >= 11 is 0. The van der Waals surface area contributed by atoms with Gasteiger partial charge in [0.05, 0.1) is 0 Å². The summed E-state index contributed by atoms with van der Waals surface area (Å²) in [6.07, 6.45) is 2.12. The molecule has 0 atom stereocenters. The Morgan fingerprint density at radius 3 is 2.57 bits per heavy atom. The maximum Gasteiger partial charge on any atom is 0.250 e. The van der Waals surface area contributed by atoms with E-state index in [0.29, 0.717) is 6.54 Å². The number of aromatic nitrogens is 1. The molecule has 1 aromatic heterocycles. The Hall–Kier alpha value is -1.12. The van der Waals surface area contributed by atoms with E-state index in [2.05, 4.69) is 20.8 Å². The van der Waals surface area contributed by atoms with E-state index in [1.807, 2.05) is 0 Å². The molecule has 2 nitrogen and oxygen atoms in total. The van der Waals surface area contributed by atoms with Gasteiger partial charge in [0.1, 0.15) is 5.82 Å². The molecule has 0 saturated heterocycles. The topological polar surface area (TPSA) is 22.0 Å². The Balaban J connectivity index is 2.77. The lowest BCUT2D eigenvalue weighted by Crippen LogP contribution is -2.21. The van der Waals surface area contributed by atoms with Gasteiger partial charge in [0.2, 0.25) is 0 Å². The third kappa shape index (κ3) is 3.32. The summed E-state index contributed by atoms with van der Waals surface area (Å²) in [6.45, 7) is 6.85. The highest BCUT2D eigenvalue weighted by molar-refractivity contribution is 4.96. The van der Waals surface area contributed by atoms with Gasteiger partial charge in [-0.25, -0.2) is 4.39 Å². The van der Waals surface area contributed by atoms with Crippen molar-refractivity contribution in [3.8, 4) is 0 Å². The fraction of sp³-hybridized carbons (Fsp3) is 0.545. The van der Waals surface area contributed by atoms with Crippen LogP contribution in [0.2, 0.25) is 0 Å². The summed E-state index contributed by atoms with van der Waals surface area (Å²) in [7, 11) is 0. The maximum atomic E-state index is 12.8. The molecule has 0 unspecified atom stereocenters. The second kappa shape index (κ2) is 3.95. The molecular formula is C11H16FNO. The van der Waals surface area contributed by atoms with Crippen molar-refractivity contribution in [2.75, 3.05) is 0 Å². The summed E-state index contributed by atoms with van der Waals surface area (Å²) in [5, 5.41) is 0. The molecule has 0 aromatic carbocycles. The molecule has 0 spiro atoms. The fourth-order valence-corrected chi connectivity index (χ4v) is 1.13. The molecule has 0 saturated carbocycles. The van der Waals surface area contributed by atoms with Crippen LogP contribution in [0.1, 0.15) is 27.2 Å². The second-order valence-corrected chi connectivity index (χ2v) is 4.69. The molecular weight excluding hydrogens is 181 g/mol.